The Morgan fingerprint density at radius 2 is 1.84 bits per heavy atom. The minimum absolute atomic E-state index is 0.0946. The van der Waals surface area contributed by atoms with Gasteiger partial charge in [0.1, 0.15) is 6.04 Å². The molecule has 32 heavy (non-hydrogen) atoms. The number of pyridine rings is 1. The molecule has 7 heteroatoms. The topological polar surface area (TPSA) is 86.4 Å². The van der Waals surface area contributed by atoms with E-state index in [4.69, 9.17) is 0 Å². The summed E-state index contributed by atoms with van der Waals surface area (Å²) in [6.07, 6.45) is 6.07. The molecule has 0 bridgehead atoms. The summed E-state index contributed by atoms with van der Waals surface area (Å²) < 4.78 is 0. The summed E-state index contributed by atoms with van der Waals surface area (Å²) in [5, 5.41) is 3.09. The van der Waals surface area contributed by atoms with Gasteiger partial charge in [-0.2, -0.15) is 0 Å². The van der Waals surface area contributed by atoms with Gasteiger partial charge in [-0.1, -0.05) is 36.4 Å². The largest absolute Gasteiger partial charge is 0.355 e. The molecule has 3 heterocycles. The summed E-state index contributed by atoms with van der Waals surface area (Å²) in [7, 11) is 0. The van der Waals surface area contributed by atoms with Crippen LogP contribution in [0.5, 0.6) is 0 Å². The molecule has 5 rings (SSSR count). The first-order valence-electron chi connectivity index (χ1n) is 11.7. The molecule has 3 fully saturated rings. The molecule has 3 atom stereocenters. The van der Waals surface area contributed by atoms with Crippen LogP contribution in [0.2, 0.25) is 0 Å². The Balaban J connectivity index is 1.06. The number of hydrazine groups is 1. The van der Waals surface area contributed by atoms with Crippen molar-refractivity contribution in [2.24, 2.45) is 11.3 Å². The van der Waals surface area contributed by atoms with Crippen LogP contribution in [-0.2, 0) is 16.0 Å². The van der Waals surface area contributed by atoms with Gasteiger partial charge in [-0.3, -0.25) is 14.6 Å². The summed E-state index contributed by atoms with van der Waals surface area (Å²) in [4.78, 5) is 32.0. The summed E-state index contributed by atoms with van der Waals surface area (Å²) in [6, 6.07) is 16.0. The van der Waals surface area contributed by atoms with E-state index < -0.39 is 0 Å². The minimum Gasteiger partial charge on any atom is -0.355 e. The molecule has 1 aromatic heterocycles. The Morgan fingerprint density at radius 1 is 1.06 bits per heavy atom. The summed E-state index contributed by atoms with van der Waals surface area (Å²) >= 11 is 0. The van der Waals surface area contributed by atoms with Gasteiger partial charge in [-0.25, -0.2) is 10.9 Å². The maximum atomic E-state index is 13.0. The molecule has 3 aliphatic rings. The predicted molar refractivity (Wildman–Crippen MR) is 121 cm³/mol. The fraction of sp³-hybridized carbons (Fsp3) is 0.480. The van der Waals surface area contributed by atoms with Crippen LogP contribution in [0.3, 0.4) is 0 Å². The third-order valence-corrected chi connectivity index (χ3v) is 7.39. The first-order chi connectivity index (χ1) is 15.6. The van der Waals surface area contributed by atoms with Gasteiger partial charge < -0.3 is 10.2 Å². The number of nitrogens with zero attached hydrogens (tertiary/aromatic N) is 2. The molecule has 1 aliphatic carbocycles. The van der Waals surface area contributed by atoms with Gasteiger partial charge >= 0.3 is 0 Å². The van der Waals surface area contributed by atoms with Gasteiger partial charge in [0.15, 0.2) is 0 Å². The number of amides is 2. The molecule has 2 amide bonds. The van der Waals surface area contributed by atoms with Crippen LogP contribution in [0.25, 0.3) is 0 Å². The lowest BCUT2D eigenvalue weighted by Crippen LogP contribution is -2.49. The van der Waals surface area contributed by atoms with Gasteiger partial charge in [-0.05, 0) is 48.8 Å². The highest BCUT2D eigenvalue weighted by atomic mass is 16.2. The van der Waals surface area contributed by atoms with E-state index in [1.165, 1.54) is 5.56 Å². The molecule has 1 aromatic carbocycles. The first kappa shape index (κ1) is 21.1. The third kappa shape index (κ3) is 4.40. The molecular weight excluding hydrogens is 402 g/mol. The summed E-state index contributed by atoms with van der Waals surface area (Å²) in [6.45, 7) is 2.10. The van der Waals surface area contributed by atoms with Crippen molar-refractivity contribution in [3.05, 3.63) is 66.0 Å². The Morgan fingerprint density at radius 3 is 2.59 bits per heavy atom. The quantitative estimate of drug-likeness (QED) is 0.649. The average molecular weight is 434 g/mol. The molecule has 7 nitrogen and oxygen atoms in total. The van der Waals surface area contributed by atoms with E-state index in [-0.39, 0.29) is 35.2 Å². The van der Waals surface area contributed by atoms with Crippen LogP contribution in [0, 0.1) is 11.3 Å². The number of carbonyl (C=O) groups excluding carboxylic acids is 2. The molecule has 1 saturated carbocycles. The summed E-state index contributed by atoms with van der Waals surface area (Å²) in [5.74, 6) is 0.424. The van der Waals surface area contributed by atoms with Crippen molar-refractivity contribution >= 4 is 11.8 Å². The SMILES string of the molecule is O=C(NCCc1ccccn1)C1CC12CCN(C(=O)C1CC(c3ccccc3)NN1)CC2. The number of nitrogens with one attached hydrogen (secondary N) is 3. The molecule has 2 aliphatic heterocycles. The van der Waals surface area contributed by atoms with E-state index in [1.54, 1.807) is 6.20 Å². The lowest BCUT2D eigenvalue weighted by atomic mass is 9.90. The zero-order valence-electron chi connectivity index (χ0n) is 18.3. The van der Waals surface area contributed by atoms with Crippen LogP contribution < -0.4 is 16.2 Å². The fourth-order valence-corrected chi connectivity index (χ4v) is 5.27. The molecule has 3 N–H and O–H groups in total. The first-order valence-corrected chi connectivity index (χ1v) is 11.7. The van der Waals surface area contributed by atoms with Crippen LogP contribution in [0.1, 0.15) is 43.0 Å². The third-order valence-electron chi connectivity index (χ3n) is 7.39. The standard InChI is InChI=1S/C25H31N5O2/c31-23(27-13-9-19-8-4-5-12-26-19)20-17-25(20)10-14-30(15-11-25)24(32)22-16-21(28-29-22)18-6-2-1-3-7-18/h1-8,12,20-22,28-29H,9-11,13-17H2,(H,27,31). The highest BCUT2D eigenvalue weighted by Gasteiger charge is 2.58. The molecular formula is C25H31N5O2. The zero-order chi connectivity index (χ0) is 22.0. The van der Waals surface area contributed by atoms with Gasteiger partial charge in [0.05, 0.1) is 0 Å². The van der Waals surface area contributed by atoms with E-state index in [1.807, 2.05) is 41.3 Å². The van der Waals surface area contributed by atoms with Crippen molar-refractivity contribution < 1.29 is 9.59 Å². The normalized spacial score (nSPS) is 26.1. The minimum atomic E-state index is -0.195. The van der Waals surface area contributed by atoms with Crippen molar-refractivity contribution in [2.75, 3.05) is 19.6 Å². The highest BCUT2D eigenvalue weighted by molar-refractivity contribution is 5.84. The van der Waals surface area contributed by atoms with E-state index in [0.717, 1.165) is 50.9 Å². The predicted octanol–water partition coefficient (Wildman–Crippen LogP) is 1.98. The Hall–Kier alpha value is -2.77. The number of piperidine rings is 1. The number of benzene rings is 1. The molecule has 2 aromatic rings. The molecule has 0 radical (unpaired) electrons. The average Bonchev–Trinajstić information content (AvgIpc) is 3.30. The van der Waals surface area contributed by atoms with Crippen LogP contribution in [0.15, 0.2) is 54.7 Å². The number of hydrogen-bond acceptors (Lipinski definition) is 5. The molecule has 2 saturated heterocycles. The number of aromatic nitrogens is 1. The van der Waals surface area contributed by atoms with E-state index >= 15 is 0 Å². The number of rotatable bonds is 6. The Bertz CT molecular complexity index is 943. The molecule has 1 spiro atoms. The fourth-order valence-electron chi connectivity index (χ4n) is 5.27. The second-order valence-electron chi connectivity index (χ2n) is 9.35. The van der Waals surface area contributed by atoms with Gasteiger partial charge in [-0.15, -0.1) is 0 Å². The smallest absolute Gasteiger partial charge is 0.241 e. The Kier molecular flexibility index (Phi) is 5.93. The van der Waals surface area contributed by atoms with Crippen molar-refractivity contribution in [1.82, 2.24) is 26.1 Å². The van der Waals surface area contributed by atoms with Crippen molar-refractivity contribution in [3.8, 4) is 0 Å². The second kappa shape index (κ2) is 9.00. The monoisotopic (exact) mass is 433 g/mol. The maximum absolute atomic E-state index is 13.0. The van der Waals surface area contributed by atoms with Crippen LogP contribution in [-0.4, -0.2) is 47.4 Å². The molecule has 168 valence electrons. The van der Waals surface area contributed by atoms with Crippen LogP contribution in [0.4, 0.5) is 0 Å². The van der Waals surface area contributed by atoms with Crippen LogP contribution >= 0.6 is 0 Å². The van der Waals surface area contributed by atoms with Crippen molar-refractivity contribution in [1.29, 1.82) is 0 Å². The lowest BCUT2D eigenvalue weighted by molar-refractivity contribution is -0.134. The zero-order valence-corrected chi connectivity index (χ0v) is 18.3. The van der Waals surface area contributed by atoms with E-state index in [9.17, 15) is 9.59 Å². The van der Waals surface area contributed by atoms with E-state index in [2.05, 4.69) is 33.3 Å². The van der Waals surface area contributed by atoms with E-state index in [0.29, 0.717) is 6.54 Å². The number of carbonyl (C=O) groups is 2. The highest BCUT2D eigenvalue weighted by Crippen LogP contribution is 2.59. The second-order valence-corrected chi connectivity index (χ2v) is 9.35. The lowest BCUT2D eigenvalue weighted by Gasteiger charge is -2.34. The number of hydrogen-bond donors (Lipinski definition) is 3. The van der Waals surface area contributed by atoms with Gasteiger partial charge in [0, 0.05) is 49.9 Å². The maximum Gasteiger partial charge on any atom is 0.241 e. The van der Waals surface area contributed by atoms with Gasteiger partial charge in [0.25, 0.3) is 0 Å². The molecule has 3 unspecified atom stereocenters. The van der Waals surface area contributed by atoms with Gasteiger partial charge in [0.2, 0.25) is 11.8 Å². The Labute approximate surface area is 189 Å². The summed E-state index contributed by atoms with van der Waals surface area (Å²) in [5.41, 5.74) is 8.75. The van der Waals surface area contributed by atoms with Crippen molar-refractivity contribution in [2.45, 2.75) is 44.2 Å². The van der Waals surface area contributed by atoms with Crippen molar-refractivity contribution in [3.63, 3.8) is 0 Å². The number of likely N-dealkylation sites (tertiary alicyclic amines) is 1.